The summed E-state index contributed by atoms with van der Waals surface area (Å²) in [6.07, 6.45) is 2.63. The number of nitrogens with zero attached hydrogens (tertiary/aromatic N) is 2. The minimum Gasteiger partial charge on any atom is -0.477 e. The maximum atomic E-state index is 14.0. The summed E-state index contributed by atoms with van der Waals surface area (Å²) in [6, 6.07) is 0.636. The number of carboxylic acid groups (broad SMARTS) is 1. The third-order valence-corrected chi connectivity index (χ3v) is 7.15. The highest BCUT2D eigenvalue weighted by Crippen LogP contribution is 2.37. The van der Waals surface area contributed by atoms with Crippen molar-refractivity contribution in [3.8, 4) is 11.8 Å². The van der Waals surface area contributed by atoms with Gasteiger partial charge in [0.1, 0.15) is 10.9 Å². The second-order valence-corrected chi connectivity index (χ2v) is 11.5. The first-order valence-electron chi connectivity index (χ1n) is 11.7. The number of carbonyl (C=O) groups is 3. The largest absolute Gasteiger partial charge is 0.477 e. The molecule has 2 rings (SSSR count). The fraction of sp³-hybridized carbons (Fsp3) is 0.654. The molecule has 34 heavy (non-hydrogen) atoms. The molecule has 0 saturated heterocycles. The van der Waals surface area contributed by atoms with E-state index in [1.54, 1.807) is 27.1 Å². The van der Waals surface area contributed by atoms with Gasteiger partial charge in [0.25, 0.3) is 0 Å². The third kappa shape index (κ3) is 6.83. The number of carbonyl (C=O) groups excluding carboxylic acids is 2. The van der Waals surface area contributed by atoms with Crippen LogP contribution in [0.15, 0.2) is 6.07 Å². The molecular weight excluding hydrogens is 452 g/mol. The van der Waals surface area contributed by atoms with Crippen LogP contribution >= 0.6 is 11.3 Å². The minimum atomic E-state index is -1.15. The van der Waals surface area contributed by atoms with Crippen LogP contribution in [0.2, 0.25) is 0 Å². The summed E-state index contributed by atoms with van der Waals surface area (Å²) in [6.45, 7) is 9.81. The zero-order chi connectivity index (χ0) is 25.8. The fourth-order valence-corrected chi connectivity index (χ4v) is 4.89. The van der Waals surface area contributed by atoms with E-state index in [0.29, 0.717) is 23.6 Å². The Balaban J connectivity index is 2.70. The summed E-state index contributed by atoms with van der Waals surface area (Å²) in [4.78, 5) is 42.9. The van der Waals surface area contributed by atoms with Gasteiger partial charge in [0, 0.05) is 32.5 Å². The fourth-order valence-electron chi connectivity index (χ4n) is 4.05. The Morgan fingerprint density at radius 1 is 1.18 bits per heavy atom. The number of anilines is 1. The number of hydrogen-bond acceptors (Lipinski definition) is 5. The van der Waals surface area contributed by atoms with E-state index in [0.717, 1.165) is 24.2 Å². The molecule has 2 amide bonds. The molecule has 1 aromatic rings. The monoisotopic (exact) mass is 490 g/mol. The molecule has 0 bridgehead atoms. The predicted molar refractivity (Wildman–Crippen MR) is 135 cm³/mol. The minimum absolute atomic E-state index is 0.00408. The number of ether oxygens (including phenoxy) is 1. The van der Waals surface area contributed by atoms with E-state index in [1.165, 1.54) is 16.9 Å². The maximum Gasteiger partial charge on any atom is 0.348 e. The molecule has 1 aliphatic rings. The van der Waals surface area contributed by atoms with Gasteiger partial charge in [0.2, 0.25) is 11.8 Å². The van der Waals surface area contributed by atoms with Gasteiger partial charge >= 0.3 is 5.97 Å². The van der Waals surface area contributed by atoms with E-state index in [1.807, 2.05) is 20.8 Å². The number of carboxylic acids is 1. The van der Waals surface area contributed by atoms with Gasteiger partial charge in [0.05, 0.1) is 16.7 Å². The van der Waals surface area contributed by atoms with E-state index in [-0.39, 0.29) is 33.7 Å². The SMILES string of the molecule is CO[C@H](C)[C@H](C(=O)N(C)C)N(c1cc(C#CC(C)(C)C)sc1C(=O)O)C(=O)[C@H]1CC[C@H](C)CC1. The molecule has 8 heteroatoms. The van der Waals surface area contributed by atoms with E-state index < -0.39 is 18.1 Å². The molecule has 1 saturated carbocycles. The van der Waals surface area contributed by atoms with Gasteiger partial charge in [-0.1, -0.05) is 18.8 Å². The molecular formula is C26H38N2O5S. The van der Waals surface area contributed by atoms with Gasteiger partial charge in [-0.25, -0.2) is 4.79 Å². The Morgan fingerprint density at radius 3 is 2.24 bits per heavy atom. The van der Waals surface area contributed by atoms with Crippen molar-refractivity contribution in [2.75, 3.05) is 26.1 Å². The Hall–Kier alpha value is -2.37. The van der Waals surface area contributed by atoms with Crippen molar-refractivity contribution in [3.63, 3.8) is 0 Å². The highest BCUT2D eigenvalue weighted by atomic mass is 32.1. The van der Waals surface area contributed by atoms with Crippen LogP contribution in [0, 0.1) is 29.1 Å². The van der Waals surface area contributed by atoms with E-state index in [2.05, 4.69) is 18.8 Å². The third-order valence-electron chi connectivity index (χ3n) is 6.12. The zero-order valence-electron chi connectivity index (χ0n) is 21.6. The van der Waals surface area contributed by atoms with Crippen molar-refractivity contribution in [2.45, 2.75) is 72.4 Å². The standard InChI is InChI=1S/C26H38N2O5S/c1-16-9-11-18(12-10-16)23(29)28(21(17(2)33-8)24(30)27(6)7)20-15-19(13-14-26(3,4)5)34-22(20)25(31)32/h15-18,21H,9-12H2,1-8H3,(H,31,32)/t16-,17-,18-,21-/m1/s1. The van der Waals surface area contributed by atoms with Crippen LogP contribution in [0.4, 0.5) is 5.69 Å². The lowest BCUT2D eigenvalue weighted by Crippen LogP contribution is -2.57. The number of aromatic carboxylic acids is 1. The Morgan fingerprint density at radius 2 is 1.76 bits per heavy atom. The van der Waals surface area contributed by atoms with Crippen molar-refractivity contribution >= 4 is 34.8 Å². The summed E-state index contributed by atoms with van der Waals surface area (Å²) in [5, 5.41) is 10.0. The van der Waals surface area contributed by atoms with Crippen molar-refractivity contribution < 1.29 is 24.2 Å². The molecule has 0 radical (unpaired) electrons. The van der Waals surface area contributed by atoms with Crippen LogP contribution in [0.1, 0.15) is 74.9 Å². The number of amides is 2. The van der Waals surface area contributed by atoms with Crippen molar-refractivity contribution in [1.82, 2.24) is 4.90 Å². The lowest BCUT2D eigenvalue weighted by atomic mass is 9.82. The van der Waals surface area contributed by atoms with E-state index in [9.17, 15) is 19.5 Å². The Labute approximate surface area is 207 Å². The van der Waals surface area contributed by atoms with Crippen molar-refractivity contribution in [1.29, 1.82) is 0 Å². The number of rotatable bonds is 7. The molecule has 1 aliphatic carbocycles. The highest BCUT2D eigenvalue weighted by molar-refractivity contribution is 7.15. The second kappa shape index (κ2) is 11.4. The number of methoxy groups -OCH3 is 1. The van der Waals surface area contributed by atoms with Gasteiger partial charge in [-0.3, -0.25) is 14.5 Å². The molecule has 1 aromatic heterocycles. The molecule has 0 aliphatic heterocycles. The number of likely N-dealkylation sites (N-methyl/N-ethyl adjacent to an activating group) is 1. The molecule has 1 fully saturated rings. The quantitative estimate of drug-likeness (QED) is 0.569. The molecule has 0 aromatic carbocycles. The van der Waals surface area contributed by atoms with Crippen LogP contribution in [0.5, 0.6) is 0 Å². The summed E-state index contributed by atoms with van der Waals surface area (Å²) in [7, 11) is 4.72. The molecule has 0 unspecified atom stereocenters. The van der Waals surface area contributed by atoms with Gasteiger partial charge in [0.15, 0.2) is 0 Å². The van der Waals surface area contributed by atoms with Crippen LogP contribution in [-0.4, -0.2) is 61.1 Å². The zero-order valence-corrected chi connectivity index (χ0v) is 22.4. The molecule has 0 spiro atoms. The van der Waals surface area contributed by atoms with Gasteiger partial charge in [-0.05, 0) is 65.4 Å². The molecule has 2 atom stereocenters. The van der Waals surface area contributed by atoms with Crippen LogP contribution in [-0.2, 0) is 14.3 Å². The first kappa shape index (κ1) is 27.9. The average molecular weight is 491 g/mol. The smallest absolute Gasteiger partial charge is 0.348 e. The summed E-state index contributed by atoms with van der Waals surface area (Å²) >= 11 is 1.03. The number of hydrogen-bond donors (Lipinski definition) is 1. The van der Waals surface area contributed by atoms with Crippen molar-refractivity contribution in [3.05, 3.63) is 15.8 Å². The maximum absolute atomic E-state index is 14.0. The topological polar surface area (TPSA) is 87.2 Å². The first-order valence-corrected chi connectivity index (χ1v) is 12.6. The normalized spacial score (nSPS) is 20.0. The summed E-state index contributed by atoms with van der Waals surface area (Å²) in [5.74, 6) is 4.74. The Bertz CT molecular complexity index is 958. The molecule has 1 N–H and O–H groups in total. The molecule has 1 heterocycles. The van der Waals surface area contributed by atoms with E-state index in [4.69, 9.17) is 4.74 Å². The van der Waals surface area contributed by atoms with Gasteiger partial charge in [-0.15, -0.1) is 11.3 Å². The average Bonchev–Trinajstić information content (AvgIpc) is 3.18. The van der Waals surface area contributed by atoms with Gasteiger partial charge < -0.3 is 14.7 Å². The van der Waals surface area contributed by atoms with Gasteiger partial charge in [-0.2, -0.15) is 0 Å². The lowest BCUT2D eigenvalue weighted by Gasteiger charge is -2.38. The number of thiophene rings is 1. The lowest BCUT2D eigenvalue weighted by molar-refractivity contribution is -0.136. The van der Waals surface area contributed by atoms with Crippen molar-refractivity contribution in [2.24, 2.45) is 17.3 Å². The second-order valence-electron chi connectivity index (χ2n) is 10.4. The van der Waals surface area contributed by atoms with Crippen LogP contribution in [0.3, 0.4) is 0 Å². The van der Waals surface area contributed by atoms with E-state index >= 15 is 0 Å². The summed E-state index contributed by atoms with van der Waals surface area (Å²) < 4.78 is 5.53. The van der Waals surface area contributed by atoms with Crippen LogP contribution < -0.4 is 4.90 Å². The Kier molecular flexibility index (Phi) is 9.32. The molecule has 7 nitrogen and oxygen atoms in total. The highest BCUT2D eigenvalue weighted by Gasteiger charge is 2.42. The first-order chi connectivity index (χ1) is 15.8. The molecule has 188 valence electrons. The summed E-state index contributed by atoms with van der Waals surface area (Å²) in [5.41, 5.74) is -0.0565. The predicted octanol–water partition coefficient (Wildman–Crippen LogP) is 4.49. The van der Waals surface area contributed by atoms with Crippen LogP contribution in [0.25, 0.3) is 0 Å².